The van der Waals surface area contributed by atoms with Crippen LogP contribution in [0.2, 0.25) is 0 Å². The van der Waals surface area contributed by atoms with E-state index in [1.807, 2.05) is 0 Å². The highest BCUT2D eigenvalue weighted by atomic mass is 79.9. The van der Waals surface area contributed by atoms with Crippen molar-refractivity contribution in [2.45, 2.75) is 50.5 Å². The van der Waals surface area contributed by atoms with Gasteiger partial charge in [0.05, 0.1) is 23.3 Å². The molecule has 2 aliphatic heterocycles. The minimum Gasteiger partial charge on any atom is -0.503 e. The number of halogens is 2. The van der Waals surface area contributed by atoms with Gasteiger partial charge < -0.3 is 24.6 Å². The first-order chi connectivity index (χ1) is 18.3. The number of methoxy groups -OCH3 is 1. The predicted octanol–water partition coefficient (Wildman–Crippen LogP) is 5.39. The van der Waals surface area contributed by atoms with Crippen molar-refractivity contribution in [3.05, 3.63) is 80.4 Å². The van der Waals surface area contributed by atoms with Crippen LogP contribution in [0.15, 0.2) is 63.4 Å². The predicted molar refractivity (Wildman–Crippen MR) is 141 cm³/mol. The number of phenols is 1. The summed E-state index contributed by atoms with van der Waals surface area (Å²) in [5.74, 6) is -1.69. The summed E-state index contributed by atoms with van der Waals surface area (Å²) in [7, 11) is 1.44. The van der Waals surface area contributed by atoms with Gasteiger partial charge in [-0.1, -0.05) is 12.1 Å². The number of carbonyl (C=O) groups is 2. The summed E-state index contributed by atoms with van der Waals surface area (Å²) in [6.45, 7) is 2.57. The zero-order valence-electron chi connectivity index (χ0n) is 21.2. The van der Waals surface area contributed by atoms with Crippen LogP contribution in [0.5, 0.6) is 11.5 Å². The van der Waals surface area contributed by atoms with E-state index in [1.165, 1.54) is 19.2 Å². The van der Waals surface area contributed by atoms with Gasteiger partial charge in [0, 0.05) is 35.9 Å². The van der Waals surface area contributed by atoms with E-state index in [0.717, 1.165) is 24.1 Å². The molecule has 1 saturated heterocycles. The van der Waals surface area contributed by atoms with E-state index in [9.17, 15) is 19.1 Å². The van der Waals surface area contributed by atoms with E-state index in [4.69, 9.17) is 14.2 Å². The van der Waals surface area contributed by atoms with Crippen LogP contribution in [-0.2, 0) is 19.1 Å². The Morgan fingerprint density at radius 2 is 1.97 bits per heavy atom. The van der Waals surface area contributed by atoms with Crippen molar-refractivity contribution in [2.24, 2.45) is 0 Å². The lowest BCUT2D eigenvalue weighted by molar-refractivity contribution is -0.142. The van der Waals surface area contributed by atoms with Crippen LogP contribution in [0.4, 0.5) is 4.39 Å². The molecule has 3 unspecified atom stereocenters. The molecular formula is C29H29BrFNO6. The molecule has 0 saturated carbocycles. The minimum atomic E-state index is -0.726. The Hall–Kier alpha value is -3.17. The molecule has 0 bridgehead atoms. The van der Waals surface area contributed by atoms with Crippen LogP contribution < -0.4 is 10.1 Å². The summed E-state index contributed by atoms with van der Waals surface area (Å²) in [6.07, 6.45) is 2.36. The quantitative estimate of drug-likeness (QED) is 0.439. The molecule has 2 aromatic rings. The summed E-state index contributed by atoms with van der Waals surface area (Å²) in [5, 5.41) is 13.7. The Morgan fingerprint density at radius 1 is 1.21 bits per heavy atom. The smallest absolute Gasteiger partial charge is 0.336 e. The van der Waals surface area contributed by atoms with Crippen LogP contribution in [0, 0.1) is 5.82 Å². The molecule has 1 fully saturated rings. The van der Waals surface area contributed by atoms with E-state index < -0.39 is 11.9 Å². The molecule has 2 aromatic carbocycles. The Bertz CT molecular complexity index is 1330. The summed E-state index contributed by atoms with van der Waals surface area (Å²) >= 11 is 3.37. The first kappa shape index (κ1) is 26.4. The number of hydrogen-bond acceptors (Lipinski definition) is 7. The number of aromatic hydroxyl groups is 1. The standard InChI is InChI=1S/C29H29BrFNO6/c1-15-25(29(35)38-14-20-4-3-9-37-20)26(18-10-21(30)28(34)24(13-18)36-2)27-22(32-15)11-17(12-23(27)33)16-5-7-19(31)8-6-16/h5-8,10,13,17,20,26,32,34H,3-4,9,11-12,14H2,1-2H3. The second-order valence-corrected chi connectivity index (χ2v) is 10.7. The number of rotatable bonds is 6. The van der Waals surface area contributed by atoms with Gasteiger partial charge in [0.1, 0.15) is 12.4 Å². The van der Waals surface area contributed by atoms with Gasteiger partial charge in [0.25, 0.3) is 0 Å². The maximum absolute atomic E-state index is 13.8. The number of Topliss-reactive ketones (excluding diaryl/α,β-unsaturated/α-hetero) is 1. The largest absolute Gasteiger partial charge is 0.503 e. The SMILES string of the molecule is COc1cc(C2C(C(=O)OCC3CCCO3)=C(C)NC3=C2C(=O)CC(c2ccc(F)cc2)C3)cc(Br)c1O. The minimum absolute atomic E-state index is 0.0751. The number of esters is 1. The fourth-order valence-electron chi connectivity index (χ4n) is 5.55. The van der Waals surface area contributed by atoms with Crippen molar-refractivity contribution in [3.63, 3.8) is 0 Å². The lowest BCUT2D eigenvalue weighted by Gasteiger charge is -2.37. The number of hydrogen-bond donors (Lipinski definition) is 2. The van der Waals surface area contributed by atoms with E-state index in [0.29, 0.717) is 39.9 Å². The van der Waals surface area contributed by atoms with Gasteiger partial charge in [0.15, 0.2) is 17.3 Å². The zero-order valence-corrected chi connectivity index (χ0v) is 22.8. The molecule has 2 N–H and O–H groups in total. The van der Waals surface area contributed by atoms with E-state index in [2.05, 4.69) is 21.2 Å². The third-order valence-electron chi connectivity index (χ3n) is 7.42. The van der Waals surface area contributed by atoms with Crippen LogP contribution in [-0.4, -0.2) is 43.3 Å². The number of allylic oxidation sites excluding steroid dienone is 3. The third-order valence-corrected chi connectivity index (χ3v) is 8.02. The highest BCUT2D eigenvalue weighted by molar-refractivity contribution is 9.10. The number of ketones is 1. The van der Waals surface area contributed by atoms with Crippen molar-refractivity contribution in [2.75, 3.05) is 20.3 Å². The second kappa shape index (κ2) is 10.9. The second-order valence-electron chi connectivity index (χ2n) is 9.86. The molecule has 0 aromatic heterocycles. The van der Waals surface area contributed by atoms with E-state index in [1.54, 1.807) is 31.2 Å². The molecule has 3 aliphatic rings. The molecule has 1 aliphatic carbocycles. The Kier molecular flexibility index (Phi) is 7.59. The summed E-state index contributed by atoms with van der Waals surface area (Å²) in [6, 6.07) is 9.54. The van der Waals surface area contributed by atoms with Crippen LogP contribution in [0.3, 0.4) is 0 Å². The Labute approximate surface area is 228 Å². The third kappa shape index (κ3) is 5.09. The van der Waals surface area contributed by atoms with Crippen molar-refractivity contribution in [1.29, 1.82) is 0 Å². The van der Waals surface area contributed by atoms with E-state index >= 15 is 0 Å². The van der Waals surface area contributed by atoms with Gasteiger partial charge in [-0.25, -0.2) is 9.18 Å². The van der Waals surface area contributed by atoms with Crippen molar-refractivity contribution >= 4 is 27.7 Å². The number of benzene rings is 2. The van der Waals surface area contributed by atoms with Crippen LogP contribution >= 0.6 is 15.9 Å². The maximum Gasteiger partial charge on any atom is 0.336 e. The molecule has 9 heteroatoms. The van der Waals surface area contributed by atoms with Crippen molar-refractivity contribution in [1.82, 2.24) is 5.32 Å². The molecule has 38 heavy (non-hydrogen) atoms. The number of carbonyl (C=O) groups excluding carboxylic acids is 2. The average Bonchev–Trinajstić information content (AvgIpc) is 3.42. The van der Waals surface area contributed by atoms with E-state index in [-0.39, 0.29) is 48.1 Å². The molecule has 5 rings (SSSR count). The van der Waals surface area contributed by atoms with Gasteiger partial charge in [-0.2, -0.15) is 0 Å². The number of nitrogens with one attached hydrogen (secondary N) is 1. The van der Waals surface area contributed by atoms with Crippen molar-refractivity contribution in [3.8, 4) is 11.5 Å². The fraction of sp³-hybridized carbons (Fsp3) is 0.379. The lowest BCUT2D eigenvalue weighted by atomic mass is 9.71. The monoisotopic (exact) mass is 585 g/mol. The van der Waals surface area contributed by atoms with Gasteiger partial charge in [-0.05, 0) is 83.4 Å². The van der Waals surface area contributed by atoms with Gasteiger partial charge in [-0.15, -0.1) is 0 Å². The Balaban J connectivity index is 1.55. The van der Waals surface area contributed by atoms with Crippen molar-refractivity contribution < 1.29 is 33.3 Å². The molecular weight excluding hydrogens is 557 g/mol. The van der Waals surface area contributed by atoms with Gasteiger partial charge in [0.2, 0.25) is 0 Å². The van der Waals surface area contributed by atoms with Gasteiger partial charge in [-0.3, -0.25) is 4.79 Å². The normalized spacial score (nSPS) is 23.3. The molecule has 200 valence electrons. The first-order valence-electron chi connectivity index (χ1n) is 12.6. The molecule has 0 spiro atoms. The highest BCUT2D eigenvalue weighted by Gasteiger charge is 2.42. The molecule has 7 nitrogen and oxygen atoms in total. The number of ether oxygens (including phenoxy) is 3. The zero-order chi connectivity index (χ0) is 27.0. The summed E-state index contributed by atoms with van der Waals surface area (Å²) < 4.78 is 30.6. The summed E-state index contributed by atoms with van der Waals surface area (Å²) in [4.78, 5) is 27.3. The fourth-order valence-corrected chi connectivity index (χ4v) is 6.01. The number of dihydropyridines is 1. The van der Waals surface area contributed by atoms with Gasteiger partial charge >= 0.3 is 5.97 Å². The molecule has 2 heterocycles. The van der Waals surface area contributed by atoms with Crippen LogP contribution in [0.25, 0.3) is 0 Å². The Morgan fingerprint density at radius 3 is 2.66 bits per heavy atom. The highest BCUT2D eigenvalue weighted by Crippen LogP contribution is 2.48. The first-order valence-corrected chi connectivity index (χ1v) is 13.4. The molecule has 3 atom stereocenters. The lowest BCUT2D eigenvalue weighted by Crippen LogP contribution is -2.36. The molecule has 0 amide bonds. The topological polar surface area (TPSA) is 94.1 Å². The molecule has 0 radical (unpaired) electrons. The number of phenolic OH excluding ortho intramolecular Hbond substituents is 1. The summed E-state index contributed by atoms with van der Waals surface area (Å²) in [5.41, 5.74) is 3.60. The maximum atomic E-state index is 13.8. The average molecular weight is 586 g/mol. The van der Waals surface area contributed by atoms with Crippen LogP contribution in [0.1, 0.15) is 55.6 Å².